The van der Waals surface area contributed by atoms with Crippen LogP contribution < -0.4 is 4.57 Å². The molecule has 2 rings (SSSR count). The van der Waals surface area contributed by atoms with E-state index in [0.717, 1.165) is 0 Å². The van der Waals surface area contributed by atoms with Crippen molar-refractivity contribution >= 4 is 6.20 Å². The normalized spacial score (nSPS) is 10.8. The van der Waals surface area contributed by atoms with Gasteiger partial charge in [-0.15, -0.1) is 0 Å². The number of hydrogen-bond acceptors (Lipinski definition) is 0. The fourth-order valence-electron chi connectivity index (χ4n) is 1.58. The Morgan fingerprint density at radius 1 is 1.00 bits per heavy atom. The van der Waals surface area contributed by atoms with Gasteiger partial charge in [-0.1, -0.05) is 6.58 Å². The average Bonchev–Trinajstić information content (AvgIpc) is 2.87. The van der Waals surface area contributed by atoms with Gasteiger partial charge in [0.2, 0.25) is 12.1 Å². The lowest BCUT2D eigenvalue weighted by Gasteiger charge is -2.06. The van der Waals surface area contributed by atoms with Crippen molar-refractivity contribution in [1.82, 2.24) is 4.57 Å². The third-order valence-electron chi connectivity index (χ3n) is 2.56. The van der Waals surface area contributed by atoms with E-state index in [4.69, 9.17) is 0 Å². The van der Waals surface area contributed by atoms with E-state index >= 15 is 0 Å². The standard InChI is InChI=1S/C12H8F5N2/c1-2-18-3-4-19(6-18)5-7-8(13)10(15)12(17)11(16)9(7)14/h2-4,6H,1,5H2/q+1. The van der Waals surface area contributed by atoms with Gasteiger partial charge in [-0.2, -0.15) is 0 Å². The van der Waals surface area contributed by atoms with Crippen molar-refractivity contribution in [3.8, 4) is 0 Å². The van der Waals surface area contributed by atoms with Gasteiger partial charge in [0.15, 0.2) is 23.3 Å². The molecule has 0 aliphatic rings. The first-order chi connectivity index (χ1) is 8.95. The summed E-state index contributed by atoms with van der Waals surface area (Å²) in [6.45, 7) is 2.98. The van der Waals surface area contributed by atoms with E-state index in [1.807, 2.05) is 0 Å². The maximum absolute atomic E-state index is 13.4. The van der Waals surface area contributed by atoms with Gasteiger partial charge in [-0.05, 0) is 0 Å². The first-order valence-electron chi connectivity index (χ1n) is 5.15. The Kier molecular flexibility index (Phi) is 3.37. The summed E-state index contributed by atoms with van der Waals surface area (Å²) in [7, 11) is 0. The van der Waals surface area contributed by atoms with Gasteiger partial charge >= 0.3 is 0 Å². The molecule has 0 unspecified atom stereocenters. The predicted octanol–water partition coefficient (Wildman–Crippen LogP) is 2.62. The molecule has 0 aliphatic carbocycles. The minimum atomic E-state index is -2.16. The van der Waals surface area contributed by atoms with Crippen LogP contribution in [0.5, 0.6) is 0 Å². The van der Waals surface area contributed by atoms with E-state index < -0.39 is 41.2 Å². The number of hydrogen-bond donors (Lipinski definition) is 0. The molecule has 0 fully saturated rings. The van der Waals surface area contributed by atoms with Crippen LogP contribution in [0.1, 0.15) is 5.56 Å². The average molecular weight is 275 g/mol. The molecule has 2 aromatic rings. The molecule has 1 heterocycles. The molecule has 0 saturated carbocycles. The van der Waals surface area contributed by atoms with Crippen LogP contribution in [0.25, 0.3) is 6.20 Å². The minimum Gasteiger partial charge on any atom is -0.232 e. The molecule has 1 aromatic carbocycles. The highest BCUT2D eigenvalue weighted by Gasteiger charge is 2.26. The fourth-order valence-corrected chi connectivity index (χ4v) is 1.58. The zero-order valence-corrected chi connectivity index (χ0v) is 9.51. The molecule has 2 nitrogen and oxygen atoms in total. The number of aromatic nitrogens is 2. The fraction of sp³-hybridized carbons (Fsp3) is 0.0833. The second-order valence-corrected chi connectivity index (χ2v) is 3.76. The van der Waals surface area contributed by atoms with E-state index in [9.17, 15) is 22.0 Å². The Hall–Kier alpha value is -2.18. The number of imidazole rings is 1. The molecule has 0 spiro atoms. The van der Waals surface area contributed by atoms with Crippen molar-refractivity contribution < 1.29 is 26.5 Å². The summed E-state index contributed by atoms with van der Waals surface area (Å²) < 4.78 is 68.4. The van der Waals surface area contributed by atoms with Crippen molar-refractivity contribution in [2.24, 2.45) is 0 Å². The van der Waals surface area contributed by atoms with Gasteiger partial charge in [-0.3, -0.25) is 0 Å². The van der Waals surface area contributed by atoms with Gasteiger partial charge in [0.05, 0.1) is 11.8 Å². The second-order valence-electron chi connectivity index (χ2n) is 3.76. The van der Waals surface area contributed by atoms with Crippen LogP contribution in [0.3, 0.4) is 0 Å². The molecule has 0 N–H and O–H groups in total. The van der Waals surface area contributed by atoms with E-state index in [1.54, 1.807) is 0 Å². The summed E-state index contributed by atoms with van der Waals surface area (Å²) in [5.41, 5.74) is -0.886. The lowest BCUT2D eigenvalue weighted by molar-refractivity contribution is -0.688. The topological polar surface area (TPSA) is 8.81 Å². The molecule has 0 saturated heterocycles. The summed E-state index contributed by atoms with van der Waals surface area (Å²) in [6.07, 6.45) is 5.73. The smallest absolute Gasteiger partial charge is 0.232 e. The van der Waals surface area contributed by atoms with Gasteiger partial charge in [0, 0.05) is 0 Å². The number of benzene rings is 1. The van der Waals surface area contributed by atoms with E-state index in [1.165, 1.54) is 34.1 Å². The number of halogens is 5. The molecule has 0 bridgehead atoms. The summed E-state index contributed by atoms with van der Waals surface area (Å²) in [4.78, 5) is 0. The molecular weight excluding hydrogens is 267 g/mol. The molecule has 19 heavy (non-hydrogen) atoms. The third kappa shape index (κ3) is 2.23. The van der Waals surface area contributed by atoms with Crippen LogP contribution in [-0.4, -0.2) is 4.57 Å². The lowest BCUT2D eigenvalue weighted by Crippen LogP contribution is -2.33. The summed E-state index contributed by atoms with van der Waals surface area (Å²) in [5.74, 6) is -9.70. The van der Waals surface area contributed by atoms with Crippen LogP contribution in [-0.2, 0) is 6.54 Å². The van der Waals surface area contributed by atoms with Crippen molar-refractivity contribution in [2.75, 3.05) is 0 Å². The van der Waals surface area contributed by atoms with E-state index in [2.05, 4.69) is 6.58 Å². The Balaban J connectivity index is 2.48. The van der Waals surface area contributed by atoms with Gasteiger partial charge in [0.25, 0.3) is 0 Å². The zero-order valence-electron chi connectivity index (χ0n) is 9.51. The van der Waals surface area contributed by atoms with Crippen LogP contribution >= 0.6 is 0 Å². The minimum absolute atomic E-state index is 0.480. The van der Waals surface area contributed by atoms with E-state index in [0.29, 0.717) is 0 Å². The highest BCUT2D eigenvalue weighted by molar-refractivity contribution is 5.23. The highest BCUT2D eigenvalue weighted by Crippen LogP contribution is 2.22. The second kappa shape index (κ2) is 4.83. The highest BCUT2D eigenvalue weighted by atomic mass is 19.2. The Morgan fingerprint density at radius 2 is 1.53 bits per heavy atom. The Morgan fingerprint density at radius 3 is 2.00 bits per heavy atom. The van der Waals surface area contributed by atoms with Crippen LogP contribution in [0.4, 0.5) is 22.0 Å². The van der Waals surface area contributed by atoms with Crippen molar-refractivity contribution in [2.45, 2.75) is 6.54 Å². The molecule has 0 radical (unpaired) electrons. The quantitative estimate of drug-likeness (QED) is 0.352. The summed E-state index contributed by atoms with van der Waals surface area (Å²) in [6, 6.07) is 0. The van der Waals surface area contributed by atoms with Gasteiger partial charge < -0.3 is 0 Å². The maximum Gasteiger partial charge on any atom is 0.248 e. The van der Waals surface area contributed by atoms with Crippen LogP contribution in [0.2, 0.25) is 0 Å². The SMILES string of the molecule is C=Cn1cc[n+](Cc2c(F)c(F)c(F)c(F)c2F)c1. The lowest BCUT2D eigenvalue weighted by atomic mass is 10.1. The molecule has 1 aromatic heterocycles. The number of rotatable bonds is 3. The monoisotopic (exact) mass is 275 g/mol. The van der Waals surface area contributed by atoms with Gasteiger partial charge in [0.1, 0.15) is 18.9 Å². The van der Waals surface area contributed by atoms with E-state index in [-0.39, 0.29) is 0 Å². The molecule has 100 valence electrons. The molecular formula is C12H8F5N2+. The molecule has 0 atom stereocenters. The van der Waals surface area contributed by atoms with Gasteiger partial charge in [-0.25, -0.2) is 31.1 Å². The molecule has 0 aliphatic heterocycles. The van der Waals surface area contributed by atoms with Crippen LogP contribution in [0, 0.1) is 29.1 Å². The predicted molar refractivity (Wildman–Crippen MR) is 56.3 cm³/mol. The maximum atomic E-state index is 13.4. The largest absolute Gasteiger partial charge is 0.248 e. The zero-order chi connectivity index (χ0) is 14.2. The van der Waals surface area contributed by atoms with Crippen molar-refractivity contribution in [3.05, 3.63) is 59.9 Å². The number of nitrogens with zero attached hydrogens (tertiary/aromatic N) is 2. The first-order valence-corrected chi connectivity index (χ1v) is 5.15. The molecule has 7 heteroatoms. The summed E-state index contributed by atoms with van der Waals surface area (Å²) in [5, 5.41) is 0. The first kappa shape index (κ1) is 13.3. The van der Waals surface area contributed by atoms with Crippen molar-refractivity contribution in [1.29, 1.82) is 0 Å². The molecule has 0 amide bonds. The Bertz CT molecular complexity index is 619. The summed E-state index contributed by atoms with van der Waals surface area (Å²) >= 11 is 0. The third-order valence-corrected chi connectivity index (χ3v) is 2.56. The Labute approximate surface area is 105 Å². The van der Waals surface area contributed by atoms with Crippen molar-refractivity contribution in [3.63, 3.8) is 0 Å². The van der Waals surface area contributed by atoms with Crippen LogP contribution in [0.15, 0.2) is 25.3 Å².